The average Bonchev–Trinajstić information content (AvgIpc) is 3.71. The van der Waals surface area contributed by atoms with Crippen LogP contribution in [-0.2, 0) is 6.42 Å². The molecule has 51 heavy (non-hydrogen) atoms. The fourth-order valence-corrected chi connectivity index (χ4v) is 8.49. The van der Waals surface area contributed by atoms with Crippen molar-refractivity contribution in [2.24, 2.45) is 0 Å². The quantitative estimate of drug-likeness (QED) is 0.184. The van der Waals surface area contributed by atoms with E-state index in [1.54, 1.807) is 0 Å². The van der Waals surface area contributed by atoms with E-state index in [-0.39, 0.29) is 5.92 Å². The summed E-state index contributed by atoms with van der Waals surface area (Å²) in [5, 5.41) is 3.89. The van der Waals surface area contributed by atoms with E-state index in [1.165, 1.54) is 71.9 Å². The molecule has 0 bridgehead atoms. The van der Waals surface area contributed by atoms with Crippen LogP contribution in [0.15, 0.2) is 170 Å². The van der Waals surface area contributed by atoms with Crippen LogP contribution in [-0.4, -0.2) is 9.13 Å². The number of nitrogens with two attached hydrogens (primary N) is 1. The number of aromatic nitrogens is 2. The molecule has 0 amide bonds. The minimum atomic E-state index is 0.277. The van der Waals surface area contributed by atoms with Gasteiger partial charge in [0.1, 0.15) is 0 Å². The Morgan fingerprint density at radius 1 is 0.510 bits per heavy atom. The Balaban J connectivity index is 1.02. The van der Waals surface area contributed by atoms with E-state index in [0.717, 1.165) is 24.2 Å². The fourth-order valence-electron chi connectivity index (χ4n) is 8.49. The van der Waals surface area contributed by atoms with Gasteiger partial charge in [0.15, 0.2) is 0 Å². The van der Waals surface area contributed by atoms with Crippen LogP contribution in [0, 0.1) is 0 Å². The van der Waals surface area contributed by atoms with Crippen LogP contribution in [0.5, 0.6) is 0 Å². The van der Waals surface area contributed by atoms with E-state index >= 15 is 0 Å². The number of hydrogen-bond acceptors (Lipinski definition) is 1. The van der Waals surface area contributed by atoms with Crippen LogP contribution >= 0.6 is 0 Å². The molecule has 0 radical (unpaired) electrons. The first-order chi connectivity index (χ1) is 25.2. The third-order valence-corrected chi connectivity index (χ3v) is 10.9. The minimum absolute atomic E-state index is 0.277. The van der Waals surface area contributed by atoms with Gasteiger partial charge in [-0.1, -0.05) is 115 Å². The third-order valence-electron chi connectivity index (χ3n) is 10.9. The van der Waals surface area contributed by atoms with Crippen molar-refractivity contribution in [1.29, 1.82) is 0 Å². The lowest BCUT2D eigenvalue weighted by atomic mass is 9.86. The molecule has 10 rings (SSSR count). The summed E-state index contributed by atoms with van der Waals surface area (Å²) in [5.74, 6) is 0.629. The molecule has 0 aliphatic heterocycles. The van der Waals surface area contributed by atoms with Gasteiger partial charge in [0.05, 0.1) is 16.6 Å². The number of nitrogen functional groups attached to an aromatic ring is 1. The standard InChI is InChI=1S/C48H37N3/c49-38-13-9-15-40(31-38)51-46-19-7-5-17-42(46)44-30-37(25-27-48(44)51)36-24-26-47-43(29-36)41-16-4-6-18-45(41)50(47)39-14-8-12-35(28-39)34-22-20-33(21-23-34)32-10-2-1-3-11-32/h1-22,24-29,31,34,37H,23,30,49H2. The highest BCUT2D eigenvalue weighted by Crippen LogP contribution is 2.41. The summed E-state index contributed by atoms with van der Waals surface area (Å²) in [6.45, 7) is 0. The van der Waals surface area contributed by atoms with Crippen molar-refractivity contribution in [3.8, 4) is 11.4 Å². The largest absolute Gasteiger partial charge is 0.399 e. The zero-order valence-electron chi connectivity index (χ0n) is 28.3. The maximum absolute atomic E-state index is 6.23. The number of para-hydroxylation sites is 2. The smallest absolute Gasteiger partial charge is 0.0541 e. The number of rotatable bonds is 5. The zero-order valence-corrected chi connectivity index (χ0v) is 28.3. The molecule has 0 fully saturated rings. The Morgan fingerprint density at radius 2 is 1.20 bits per heavy atom. The van der Waals surface area contributed by atoms with E-state index in [9.17, 15) is 0 Å². The summed E-state index contributed by atoms with van der Waals surface area (Å²) in [5.41, 5.74) is 20.9. The summed E-state index contributed by atoms with van der Waals surface area (Å²) in [7, 11) is 0. The van der Waals surface area contributed by atoms with Gasteiger partial charge in [-0.05, 0) is 101 Å². The van der Waals surface area contributed by atoms with Gasteiger partial charge in [0.25, 0.3) is 0 Å². The Bertz CT molecular complexity index is 2720. The van der Waals surface area contributed by atoms with Crippen molar-refractivity contribution in [2.45, 2.75) is 24.7 Å². The zero-order chi connectivity index (χ0) is 33.9. The Morgan fingerprint density at radius 3 is 2.00 bits per heavy atom. The van der Waals surface area contributed by atoms with Gasteiger partial charge >= 0.3 is 0 Å². The molecule has 2 unspecified atom stereocenters. The van der Waals surface area contributed by atoms with Crippen LogP contribution < -0.4 is 5.73 Å². The first-order valence-electron chi connectivity index (χ1n) is 17.9. The maximum atomic E-state index is 6.23. The van der Waals surface area contributed by atoms with Crippen LogP contribution in [0.1, 0.15) is 46.2 Å². The molecule has 3 nitrogen and oxygen atoms in total. The lowest BCUT2D eigenvalue weighted by Crippen LogP contribution is -2.07. The number of benzene rings is 6. The molecule has 2 atom stereocenters. The summed E-state index contributed by atoms with van der Waals surface area (Å²) in [6, 6.07) is 52.7. The molecule has 2 aliphatic rings. The second-order valence-electron chi connectivity index (χ2n) is 13.9. The first kappa shape index (κ1) is 29.6. The highest BCUT2D eigenvalue weighted by molar-refractivity contribution is 6.09. The molecule has 2 N–H and O–H groups in total. The van der Waals surface area contributed by atoms with Crippen LogP contribution in [0.25, 0.3) is 55.7 Å². The first-order valence-corrected chi connectivity index (χ1v) is 17.9. The maximum Gasteiger partial charge on any atom is 0.0541 e. The van der Waals surface area contributed by atoms with Crippen molar-refractivity contribution in [3.05, 3.63) is 198 Å². The lowest BCUT2D eigenvalue weighted by molar-refractivity contribution is 0.826. The summed E-state index contributed by atoms with van der Waals surface area (Å²) in [6.07, 6.45) is 13.7. The normalized spacial score (nSPS) is 16.9. The molecule has 0 saturated carbocycles. The fraction of sp³-hybridized carbons (Fsp3) is 0.0833. The van der Waals surface area contributed by atoms with Gasteiger partial charge in [-0.3, -0.25) is 0 Å². The van der Waals surface area contributed by atoms with Crippen molar-refractivity contribution < 1.29 is 0 Å². The van der Waals surface area contributed by atoms with E-state index in [0.29, 0.717) is 5.92 Å². The number of nitrogens with zero attached hydrogens (tertiary/aromatic N) is 2. The van der Waals surface area contributed by atoms with Crippen LogP contribution in [0.4, 0.5) is 5.69 Å². The second-order valence-corrected chi connectivity index (χ2v) is 13.9. The van der Waals surface area contributed by atoms with Crippen molar-refractivity contribution in [2.75, 3.05) is 5.73 Å². The van der Waals surface area contributed by atoms with Crippen LogP contribution in [0.2, 0.25) is 0 Å². The third kappa shape index (κ3) is 4.96. The van der Waals surface area contributed by atoms with Gasteiger partial charge in [-0.2, -0.15) is 0 Å². The molecule has 3 heteroatoms. The molecular weight excluding hydrogens is 619 g/mol. The van der Waals surface area contributed by atoms with E-state index < -0.39 is 0 Å². The molecule has 0 saturated heterocycles. The van der Waals surface area contributed by atoms with Crippen molar-refractivity contribution in [3.63, 3.8) is 0 Å². The molecule has 8 aromatic rings. The van der Waals surface area contributed by atoms with E-state index in [2.05, 4.69) is 173 Å². The topological polar surface area (TPSA) is 35.9 Å². The molecule has 2 heterocycles. The molecule has 244 valence electrons. The number of fused-ring (bicyclic) bond motifs is 6. The van der Waals surface area contributed by atoms with Crippen LogP contribution in [0.3, 0.4) is 0 Å². The van der Waals surface area contributed by atoms with Gasteiger partial charge in [0, 0.05) is 50.8 Å². The van der Waals surface area contributed by atoms with Gasteiger partial charge in [0.2, 0.25) is 0 Å². The SMILES string of the molecule is Nc1cccc(-n2c3c(c4ccccc42)CC(c2ccc4c(c2)c2ccccc2n4-c2cccc(C4C=CC(c5ccccc5)=CC4)c2)C=C3)c1. The van der Waals surface area contributed by atoms with E-state index in [1.807, 2.05) is 12.1 Å². The molecule has 2 aromatic heterocycles. The highest BCUT2D eigenvalue weighted by Gasteiger charge is 2.24. The van der Waals surface area contributed by atoms with E-state index in [4.69, 9.17) is 5.73 Å². The van der Waals surface area contributed by atoms with Gasteiger partial charge in [-0.15, -0.1) is 0 Å². The number of hydrogen-bond donors (Lipinski definition) is 1. The summed E-state index contributed by atoms with van der Waals surface area (Å²) >= 11 is 0. The highest BCUT2D eigenvalue weighted by atomic mass is 15.0. The predicted octanol–water partition coefficient (Wildman–Crippen LogP) is 11.8. The monoisotopic (exact) mass is 655 g/mol. The Hall–Kier alpha value is -6.32. The Labute approximate surface area is 297 Å². The summed E-state index contributed by atoms with van der Waals surface area (Å²) in [4.78, 5) is 0. The van der Waals surface area contributed by atoms with Crippen molar-refractivity contribution in [1.82, 2.24) is 9.13 Å². The molecule has 2 aliphatic carbocycles. The van der Waals surface area contributed by atoms with Crippen molar-refractivity contribution >= 4 is 50.0 Å². The summed E-state index contributed by atoms with van der Waals surface area (Å²) < 4.78 is 4.81. The number of allylic oxidation sites excluding steroid dienone is 5. The molecular formula is C48H37N3. The molecule has 0 spiro atoms. The second kappa shape index (κ2) is 11.9. The minimum Gasteiger partial charge on any atom is -0.399 e. The lowest BCUT2D eigenvalue weighted by Gasteiger charge is -2.20. The van der Waals surface area contributed by atoms with Gasteiger partial charge < -0.3 is 14.9 Å². The Kier molecular flexibility index (Phi) is 6.92. The number of anilines is 1. The predicted molar refractivity (Wildman–Crippen MR) is 215 cm³/mol. The van der Waals surface area contributed by atoms with Gasteiger partial charge in [-0.25, -0.2) is 0 Å². The molecule has 6 aromatic carbocycles. The average molecular weight is 656 g/mol.